The number of carbonyl (C=O) groups excluding carboxylic acids is 2. The molecule has 0 heterocycles. The average molecular weight is 1230 g/mol. The molecule has 0 aliphatic carbocycles. The molecule has 2 aromatic carbocycles. The van der Waals surface area contributed by atoms with Gasteiger partial charge in [-0.1, -0.05) is 307 Å². The van der Waals surface area contributed by atoms with Gasteiger partial charge in [-0.05, 0) is 86.8 Å². The number of hydrogen-bond donors (Lipinski definition) is 0. The molecule has 2 rings (SSSR count). The molecule has 0 N–H and O–H groups in total. The van der Waals surface area contributed by atoms with Crippen LogP contribution < -0.4 is 9.05 Å². The molecule has 0 saturated carbocycles. The Morgan fingerprint density at radius 3 is 0.892 bits per heavy atom. The van der Waals surface area contributed by atoms with Gasteiger partial charge >= 0.3 is 11.9 Å². The van der Waals surface area contributed by atoms with Crippen LogP contribution in [-0.2, 0) is 33.5 Å². The Morgan fingerprint density at radius 1 is 0.337 bits per heavy atom. The van der Waals surface area contributed by atoms with E-state index in [-0.39, 0.29) is 17.4 Å². The van der Waals surface area contributed by atoms with Gasteiger partial charge in [0, 0.05) is 29.8 Å². The summed E-state index contributed by atoms with van der Waals surface area (Å²) in [5.41, 5.74) is 2.26. The van der Waals surface area contributed by atoms with Crippen molar-refractivity contribution in [2.24, 2.45) is 0 Å². The fraction of sp³-hybridized carbons (Fsp3) is 0.803. The third-order valence-corrected chi connectivity index (χ3v) is 22.2. The Hall–Kier alpha value is -1.54. The molecule has 0 radical (unpaired) electrons. The Morgan fingerprint density at radius 2 is 0.590 bits per heavy atom. The molecule has 2 aromatic rings. The monoisotopic (exact) mass is 1230 g/mol. The first-order valence-electron chi connectivity index (χ1n) is 34.7. The van der Waals surface area contributed by atoms with Crippen molar-refractivity contribution in [1.82, 2.24) is 0 Å². The van der Waals surface area contributed by atoms with Crippen LogP contribution in [0, 0.1) is 0 Å². The first-order chi connectivity index (χ1) is 40.7. The van der Waals surface area contributed by atoms with E-state index in [1.54, 1.807) is 0 Å². The first kappa shape index (κ1) is 77.6. The summed E-state index contributed by atoms with van der Waals surface area (Å²) in [7, 11) is -2.20. The van der Waals surface area contributed by atoms with Crippen molar-refractivity contribution in [3.05, 3.63) is 59.7 Å². The third-order valence-electron chi connectivity index (χ3n) is 15.9. The molecule has 0 aliphatic heterocycles. The Labute approximate surface area is 522 Å². The van der Waals surface area contributed by atoms with Crippen LogP contribution in [-0.4, -0.2) is 49.9 Å². The van der Waals surface area contributed by atoms with Crippen LogP contribution in [0.25, 0.3) is 0 Å². The Kier molecular flexibility index (Phi) is 53.2. The second kappa shape index (κ2) is 56.9. The highest BCUT2D eigenvalue weighted by atomic mass is 32.7. The van der Waals surface area contributed by atoms with Gasteiger partial charge in [-0.3, -0.25) is 9.59 Å². The van der Waals surface area contributed by atoms with Crippen LogP contribution in [0.2, 0.25) is 0 Å². The van der Waals surface area contributed by atoms with Gasteiger partial charge in [0.15, 0.2) is 0 Å². The standard InChI is InChI=1S/C71H126O8P2S2/c1-7-11-15-19-27-35-43-59-74-69(72)49-41-33-25-23-31-39-47-63-82-80(76-61-45-37-29-21-17-13-9-3)78-67-55-51-65(52-56-67)71(5,6)66-53-57-68(58-54-66)79-81(77-62-46-38-30-22-18-14-10-4)83-64-48-40-32-24-26-34-42-50-70(73)75-60-44-36-28-20-16-12-8-2/h51-58H,7-50,59-64H2,1-6H3. The van der Waals surface area contributed by atoms with Crippen LogP contribution in [0.1, 0.15) is 335 Å². The highest BCUT2D eigenvalue weighted by Gasteiger charge is 2.25. The van der Waals surface area contributed by atoms with E-state index in [0.29, 0.717) is 26.1 Å². The van der Waals surface area contributed by atoms with Gasteiger partial charge in [0.2, 0.25) is 0 Å². The van der Waals surface area contributed by atoms with Gasteiger partial charge in [-0.25, -0.2) is 0 Å². The van der Waals surface area contributed by atoms with Crippen LogP contribution in [0.15, 0.2) is 48.5 Å². The average Bonchev–Trinajstić information content (AvgIpc) is 3.69. The molecule has 12 heteroatoms. The molecule has 0 aliphatic rings. The van der Waals surface area contributed by atoms with Crippen molar-refractivity contribution >= 4 is 49.9 Å². The van der Waals surface area contributed by atoms with Crippen molar-refractivity contribution in [2.75, 3.05) is 37.9 Å². The maximum absolute atomic E-state index is 12.2. The molecule has 480 valence electrons. The summed E-state index contributed by atoms with van der Waals surface area (Å²) in [6.07, 6.45) is 52.3. The SMILES string of the molecule is CCCCCCCCCOC(=O)CCCCCCCCCSP(OCCCCCCCCC)Oc1ccc(C(C)(C)c2ccc(OP(OCCCCCCCCC)SCCCCCCCCCC(=O)OCCCCCCCCC)cc2)cc1. The fourth-order valence-corrected chi connectivity index (χ4v) is 16.1. The Bertz CT molecular complexity index is 1610. The van der Waals surface area contributed by atoms with Gasteiger partial charge in [0.05, 0.1) is 26.4 Å². The van der Waals surface area contributed by atoms with Crippen molar-refractivity contribution < 1.29 is 37.2 Å². The molecule has 2 atom stereocenters. The molecule has 0 aromatic heterocycles. The van der Waals surface area contributed by atoms with E-state index in [2.05, 4.69) is 90.1 Å². The molecule has 0 saturated heterocycles. The summed E-state index contributed by atoms with van der Waals surface area (Å²) in [5.74, 6) is 3.77. The normalized spacial score (nSPS) is 12.4. The summed E-state index contributed by atoms with van der Waals surface area (Å²) in [6.45, 7) is 16.3. The van der Waals surface area contributed by atoms with E-state index in [9.17, 15) is 9.59 Å². The lowest BCUT2D eigenvalue weighted by molar-refractivity contribution is -0.144. The zero-order valence-corrected chi connectivity index (χ0v) is 57.9. The van der Waals surface area contributed by atoms with Crippen LogP contribution >= 0.6 is 37.9 Å². The quantitative estimate of drug-likeness (QED) is 0.0362. The van der Waals surface area contributed by atoms with E-state index in [1.807, 2.05) is 22.8 Å². The van der Waals surface area contributed by atoms with Crippen molar-refractivity contribution in [1.29, 1.82) is 0 Å². The van der Waals surface area contributed by atoms with Crippen LogP contribution in [0.4, 0.5) is 0 Å². The minimum absolute atomic E-state index is 0.0181. The van der Waals surface area contributed by atoms with E-state index in [0.717, 1.165) is 100 Å². The maximum Gasteiger partial charge on any atom is 0.305 e. The largest absolute Gasteiger partial charge is 0.466 e. The van der Waals surface area contributed by atoms with Crippen LogP contribution in [0.3, 0.4) is 0 Å². The minimum Gasteiger partial charge on any atom is -0.466 e. The predicted octanol–water partition coefficient (Wildman–Crippen LogP) is 25.1. The molecular weight excluding hydrogens is 1110 g/mol. The second-order valence-corrected chi connectivity index (χ2v) is 30.5. The number of benzene rings is 2. The van der Waals surface area contributed by atoms with Crippen molar-refractivity contribution in [2.45, 2.75) is 329 Å². The molecule has 2 unspecified atom stereocenters. The lowest BCUT2D eigenvalue weighted by Gasteiger charge is -2.27. The molecular formula is C71H126O8P2S2. The molecule has 0 fully saturated rings. The van der Waals surface area contributed by atoms with Gasteiger partial charge in [-0.2, -0.15) is 0 Å². The molecule has 83 heavy (non-hydrogen) atoms. The van der Waals surface area contributed by atoms with Gasteiger partial charge < -0.3 is 27.6 Å². The molecule has 8 nitrogen and oxygen atoms in total. The number of rotatable bonds is 62. The maximum atomic E-state index is 12.2. The molecule has 0 spiro atoms. The lowest BCUT2D eigenvalue weighted by atomic mass is 9.78. The number of esters is 2. The van der Waals surface area contributed by atoms with Gasteiger partial charge in [0.25, 0.3) is 15.2 Å². The molecule has 0 bridgehead atoms. The summed E-state index contributed by atoms with van der Waals surface area (Å²) >= 11 is 3.70. The van der Waals surface area contributed by atoms with E-state index in [4.69, 9.17) is 27.6 Å². The zero-order chi connectivity index (χ0) is 59.8. The molecule has 0 amide bonds. The second-order valence-electron chi connectivity index (χ2n) is 24.0. The summed E-state index contributed by atoms with van der Waals surface area (Å²) in [5, 5.41) is 0. The van der Waals surface area contributed by atoms with Gasteiger partial charge in [0.1, 0.15) is 11.5 Å². The topological polar surface area (TPSA) is 89.5 Å². The highest BCUT2D eigenvalue weighted by molar-refractivity contribution is 8.53. The van der Waals surface area contributed by atoms with Crippen molar-refractivity contribution in [3.63, 3.8) is 0 Å². The van der Waals surface area contributed by atoms with Crippen molar-refractivity contribution in [3.8, 4) is 11.5 Å². The number of carbonyl (C=O) groups is 2. The summed E-state index contributed by atoms with van der Waals surface area (Å²) < 4.78 is 37.2. The zero-order valence-electron chi connectivity index (χ0n) is 54.5. The third kappa shape index (κ3) is 45.4. The van der Waals surface area contributed by atoms with Gasteiger partial charge in [-0.15, -0.1) is 0 Å². The summed E-state index contributed by atoms with van der Waals surface area (Å²) in [4.78, 5) is 24.3. The van der Waals surface area contributed by atoms with E-state index >= 15 is 0 Å². The first-order valence-corrected chi connectivity index (χ1v) is 40.3. The smallest absolute Gasteiger partial charge is 0.305 e. The minimum atomic E-state index is -1.10. The highest BCUT2D eigenvalue weighted by Crippen LogP contribution is 2.54. The lowest BCUT2D eigenvalue weighted by Crippen LogP contribution is -2.18. The van der Waals surface area contributed by atoms with E-state index < -0.39 is 15.2 Å². The summed E-state index contributed by atoms with van der Waals surface area (Å²) in [6, 6.07) is 17.4. The fourth-order valence-electron chi connectivity index (χ4n) is 10.2. The predicted molar refractivity (Wildman–Crippen MR) is 365 cm³/mol. The Balaban J connectivity index is 1.83. The van der Waals surface area contributed by atoms with Crippen LogP contribution in [0.5, 0.6) is 11.5 Å². The number of ether oxygens (including phenoxy) is 2. The number of hydrogen-bond acceptors (Lipinski definition) is 10. The number of unbranched alkanes of at least 4 members (excludes halogenated alkanes) is 36. The van der Waals surface area contributed by atoms with E-state index in [1.165, 1.54) is 217 Å².